The molecule has 3 aromatic rings. The summed E-state index contributed by atoms with van der Waals surface area (Å²) in [5, 5.41) is 3.01. The maximum atomic E-state index is 12.8. The smallest absolute Gasteiger partial charge is 0.261 e. The van der Waals surface area contributed by atoms with Gasteiger partial charge in [-0.25, -0.2) is 0 Å². The van der Waals surface area contributed by atoms with E-state index in [1.54, 1.807) is 38.7 Å². The number of ether oxygens (including phenoxy) is 3. The van der Waals surface area contributed by atoms with E-state index in [1.165, 1.54) is 21.6 Å². The summed E-state index contributed by atoms with van der Waals surface area (Å²) in [6, 6.07) is 14.0. The Hall–Kier alpha value is -2.99. The van der Waals surface area contributed by atoms with Crippen molar-refractivity contribution in [2.45, 2.75) is 19.4 Å². The molecule has 0 fully saturated rings. The number of amides is 1. The number of thiophene rings is 1. The summed E-state index contributed by atoms with van der Waals surface area (Å²) >= 11 is 1.56. The van der Waals surface area contributed by atoms with Crippen molar-refractivity contribution in [1.82, 2.24) is 5.32 Å². The fourth-order valence-electron chi connectivity index (χ4n) is 3.68. The van der Waals surface area contributed by atoms with E-state index in [9.17, 15) is 4.79 Å². The maximum absolute atomic E-state index is 12.8. The highest BCUT2D eigenvalue weighted by Crippen LogP contribution is 2.39. The summed E-state index contributed by atoms with van der Waals surface area (Å²) in [4.78, 5) is 14.8. The van der Waals surface area contributed by atoms with Crippen molar-refractivity contribution in [1.29, 1.82) is 0 Å². The van der Waals surface area contributed by atoms with Gasteiger partial charge in [-0.15, -0.1) is 11.3 Å². The SMILES string of the molecule is COc1cc(OC)c(OC)cc1CNC(=O)c1cc2c(s1)-c1ccccc1CC2. The fraction of sp³-hybridized carbons (Fsp3) is 0.261. The summed E-state index contributed by atoms with van der Waals surface area (Å²) in [6.45, 7) is 0.335. The summed E-state index contributed by atoms with van der Waals surface area (Å²) < 4.78 is 16.1. The molecule has 0 saturated heterocycles. The van der Waals surface area contributed by atoms with Gasteiger partial charge >= 0.3 is 0 Å². The van der Waals surface area contributed by atoms with E-state index in [2.05, 4.69) is 29.6 Å². The molecule has 0 spiro atoms. The molecule has 0 bridgehead atoms. The van der Waals surface area contributed by atoms with Crippen LogP contribution in [0.1, 0.15) is 26.4 Å². The third kappa shape index (κ3) is 3.68. The normalized spacial score (nSPS) is 12.0. The molecule has 0 atom stereocenters. The largest absolute Gasteiger partial charge is 0.496 e. The number of rotatable bonds is 6. The Bertz CT molecular complexity index is 1060. The van der Waals surface area contributed by atoms with Crippen LogP contribution in [0, 0.1) is 0 Å². The lowest BCUT2D eigenvalue weighted by atomic mass is 9.91. The third-order valence-corrected chi connectivity index (χ3v) is 6.39. The Morgan fingerprint density at radius 3 is 2.38 bits per heavy atom. The van der Waals surface area contributed by atoms with Gasteiger partial charge in [-0.2, -0.15) is 0 Å². The van der Waals surface area contributed by atoms with Gasteiger partial charge in [0.15, 0.2) is 11.5 Å². The van der Waals surface area contributed by atoms with Gasteiger partial charge in [0.2, 0.25) is 0 Å². The fourth-order valence-corrected chi connectivity index (χ4v) is 4.86. The standard InChI is InChI=1S/C23H23NO4S/c1-26-18-12-20(28-3)19(27-2)10-16(18)13-24-23(25)21-11-15-9-8-14-6-4-5-7-17(14)22(15)29-21/h4-7,10-12H,8-9,13H2,1-3H3,(H,24,25). The van der Waals surface area contributed by atoms with Crippen LogP contribution in [-0.2, 0) is 19.4 Å². The summed E-state index contributed by atoms with van der Waals surface area (Å²) in [5.41, 5.74) is 4.68. The average Bonchev–Trinajstić information content (AvgIpc) is 3.21. The van der Waals surface area contributed by atoms with Crippen molar-refractivity contribution >= 4 is 17.2 Å². The zero-order chi connectivity index (χ0) is 20.4. The highest BCUT2D eigenvalue weighted by atomic mass is 32.1. The lowest BCUT2D eigenvalue weighted by Gasteiger charge is -2.15. The van der Waals surface area contributed by atoms with Gasteiger partial charge in [0, 0.05) is 23.1 Å². The van der Waals surface area contributed by atoms with Crippen LogP contribution < -0.4 is 19.5 Å². The molecule has 0 aliphatic heterocycles. The Morgan fingerprint density at radius 1 is 0.931 bits per heavy atom. The maximum Gasteiger partial charge on any atom is 0.261 e. The van der Waals surface area contributed by atoms with Crippen LogP contribution in [0.2, 0.25) is 0 Å². The molecule has 1 aliphatic rings. The van der Waals surface area contributed by atoms with Crippen molar-refractivity contribution in [3.63, 3.8) is 0 Å². The van der Waals surface area contributed by atoms with E-state index in [4.69, 9.17) is 14.2 Å². The minimum absolute atomic E-state index is 0.0845. The number of hydrogen-bond acceptors (Lipinski definition) is 5. The molecule has 0 saturated carbocycles. The van der Waals surface area contributed by atoms with Crippen LogP contribution in [0.5, 0.6) is 17.2 Å². The van der Waals surface area contributed by atoms with E-state index in [0.29, 0.717) is 23.8 Å². The van der Waals surface area contributed by atoms with Gasteiger partial charge in [-0.05, 0) is 41.7 Å². The molecule has 5 nitrogen and oxygen atoms in total. The second-order valence-corrected chi connectivity index (χ2v) is 7.88. The second kappa shape index (κ2) is 8.17. The number of carbonyl (C=O) groups is 1. The Morgan fingerprint density at radius 2 is 1.62 bits per heavy atom. The molecule has 0 radical (unpaired) electrons. The molecule has 29 heavy (non-hydrogen) atoms. The van der Waals surface area contributed by atoms with Crippen molar-refractivity contribution in [3.05, 3.63) is 64.0 Å². The highest BCUT2D eigenvalue weighted by molar-refractivity contribution is 7.17. The molecular weight excluding hydrogens is 386 g/mol. The number of carbonyl (C=O) groups excluding carboxylic acids is 1. The van der Waals surface area contributed by atoms with E-state index >= 15 is 0 Å². The Balaban J connectivity index is 1.54. The van der Waals surface area contributed by atoms with Gasteiger partial charge < -0.3 is 19.5 Å². The van der Waals surface area contributed by atoms with Gasteiger partial charge in [0.05, 0.1) is 26.2 Å². The van der Waals surface area contributed by atoms with Gasteiger partial charge in [-0.3, -0.25) is 4.79 Å². The predicted molar refractivity (Wildman–Crippen MR) is 114 cm³/mol. The zero-order valence-corrected chi connectivity index (χ0v) is 17.5. The van der Waals surface area contributed by atoms with Crippen LogP contribution in [0.4, 0.5) is 0 Å². The number of fused-ring (bicyclic) bond motifs is 3. The number of nitrogens with one attached hydrogen (secondary N) is 1. The van der Waals surface area contributed by atoms with E-state index in [-0.39, 0.29) is 5.91 Å². The van der Waals surface area contributed by atoms with Gasteiger partial charge in [0.1, 0.15) is 5.75 Å². The second-order valence-electron chi connectivity index (χ2n) is 6.82. The van der Waals surface area contributed by atoms with Crippen LogP contribution in [-0.4, -0.2) is 27.2 Å². The third-order valence-electron chi connectivity index (χ3n) is 5.18. The lowest BCUT2D eigenvalue weighted by Crippen LogP contribution is -2.22. The summed E-state index contributed by atoms with van der Waals surface area (Å²) in [6.07, 6.45) is 1.99. The first kappa shape index (κ1) is 19.3. The molecule has 2 aromatic carbocycles. The van der Waals surface area contributed by atoms with Crippen molar-refractivity contribution in [3.8, 4) is 27.7 Å². The number of aryl methyl sites for hydroxylation is 2. The van der Waals surface area contributed by atoms with Crippen molar-refractivity contribution in [2.75, 3.05) is 21.3 Å². The van der Waals surface area contributed by atoms with Crippen LogP contribution in [0.3, 0.4) is 0 Å². The molecular formula is C23H23NO4S. The van der Waals surface area contributed by atoms with Crippen LogP contribution in [0.25, 0.3) is 10.4 Å². The lowest BCUT2D eigenvalue weighted by molar-refractivity contribution is 0.0954. The monoisotopic (exact) mass is 409 g/mol. The number of hydrogen-bond donors (Lipinski definition) is 1. The minimum Gasteiger partial charge on any atom is -0.496 e. The van der Waals surface area contributed by atoms with Crippen molar-refractivity contribution in [2.24, 2.45) is 0 Å². The van der Waals surface area contributed by atoms with Gasteiger partial charge in [0.25, 0.3) is 5.91 Å². The summed E-state index contributed by atoms with van der Waals surface area (Å²) in [5.74, 6) is 1.74. The van der Waals surface area contributed by atoms with E-state index < -0.39 is 0 Å². The van der Waals surface area contributed by atoms with E-state index in [0.717, 1.165) is 23.3 Å². The first-order valence-corrected chi connectivity index (χ1v) is 10.2. The molecule has 1 amide bonds. The van der Waals surface area contributed by atoms with Gasteiger partial charge in [-0.1, -0.05) is 24.3 Å². The molecule has 1 aliphatic carbocycles. The molecule has 6 heteroatoms. The van der Waals surface area contributed by atoms with Crippen LogP contribution >= 0.6 is 11.3 Å². The van der Waals surface area contributed by atoms with Crippen molar-refractivity contribution < 1.29 is 19.0 Å². The minimum atomic E-state index is -0.0845. The molecule has 4 rings (SSSR count). The first-order chi connectivity index (χ1) is 14.1. The molecule has 1 N–H and O–H groups in total. The highest BCUT2D eigenvalue weighted by Gasteiger charge is 2.21. The predicted octanol–water partition coefficient (Wildman–Crippen LogP) is 4.47. The molecule has 150 valence electrons. The topological polar surface area (TPSA) is 56.8 Å². The quantitative estimate of drug-likeness (QED) is 0.653. The number of benzene rings is 2. The zero-order valence-electron chi connectivity index (χ0n) is 16.7. The molecule has 1 heterocycles. The molecule has 0 unspecified atom stereocenters. The Labute approximate surface area is 174 Å². The van der Waals surface area contributed by atoms with Crippen LogP contribution in [0.15, 0.2) is 42.5 Å². The Kier molecular flexibility index (Phi) is 5.45. The number of methoxy groups -OCH3 is 3. The van der Waals surface area contributed by atoms with E-state index in [1.807, 2.05) is 12.1 Å². The molecule has 1 aromatic heterocycles. The summed E-state index contributed by atoms with van der Waals surface area (Å²) in [7, 11) is 4.76. The first-order valence-electron chi connectivity index (χ1n) is 9.42. The average molecular weight is 410 g/mol.